The van der Waals surface area contributed by atoms with Gasteiger partial charge in [0.05, 0.1) is 23.3 Å². The summed E-state index contributed by atoms with van der Waals surface area (Å²) in [5, 5.41) is 0. The zero-order valence-electron chi connectivity index (χ0n) is 13.1. The maximum Gasteiger partial charge on any atom is 0.417 e. The Balaban J connectivity index is 2.80. The van der Waals surface area contributed by atoms with Gasteiger partial charge in [0.15, 0.2) is 0 Å². The van der Waals surface area contributed by atoms with Crippen LogP contribution in [0.25, 0.3) is 0 Å². The van der Waals surface area contributed by atoms with E-state index in [0.717, 1.165) is 25.7 Å². The molecule has 1 aromatic carbocycles. The summed E-state index contributed by atoms with van der Waals surface area (Å²) in [4.78, 5) is 11.7. The molecule has 0 radical (unpaired) electrons. The van der Waals surface area contributed by atoms with Gasteiger partial charge in [-0.3, -0.25) is 0 Å². The highest BCUT2D eigenvalue weighted by Crippen LogP contribution is 2.40. The second-order valence-electron chi connectivity index (χ2n) is 5.31. The summed E-state index contributed by atoms with van der Waals surface area (Å²) in [5.74, 6) is -1.07. The lowest BCUT2D eigenvalue weighted by Gasteiger charge is -2.16. The predicted molar refractivity (Wildman–Crippen MR) is 75.5 cm³/mol. The van der Waals surface area contributed by atoms with Gasteiger partial charge in [0.1, 0.15) is 0 Å². The summed E-state index contributed by atoms with van der Waals surface area (Å²) in [7, 11) is 0. The zero-order chi connectivity index (χ0) is 18.4. The van der Waals surface area contributed by atoms with Crippen LogP contribution in [0.3, 0.4) is 0 Å². The van der Waals surface area contributed by atoms with Gasteiger partial charge in [-0.1, -0.05) is 32.6 Å². The van der Waals surface area contributed by atoms with E-state index >= 15 is 0 Å². The van der Waals surface area contributed by atoms with Crippen molar-refractivity contribution in [3.8, 4) is 0 Å². The first-order valence-electron chi connectivity index (χ1n) is 7.53. The molecule has 24 heavy (non-hydrogen) atoms. The van der Waals surface area contributed by atoms with Crippen LogP contribution in [0, 0.1) is 0 Å². The molecule has 0 amide bonds. The second kappa shape index (κ2) is 8.39. The minimum atomic E-state index is -5.22. The van der Waals surface area contributed by atoms with E-state index in [1.807, 2.05) is 6.92 Å². The quantitative estimate of drug-likeness (QED) is 0.348. The first kappa shape index (κ1) is 20.3. The van der Waals surface area contributed by atoms with Crippen LogP contribution in [0.1, 0.15) is 60.5 Å². The normalized spacial score (nSPS) is 12.3. The van der Waals surface area contributed by atoms with Crippen molar-refractivity contribution < 1.29 is 35.9 Å². The molecular formula is C16H18F6O2. The molecule has 0 unspecified atom stereocenters. The lowest BCUT2D eigenvalue weighted by Crippen LogP contribution is -2.18. The number of hydrogen-bond acceptors (Lipinski definition) is 2. The molecule has 0 aliphatic rings. The van der Waals surface area contributed by atoms with Crippen LogP contribution in [-0.4, -0.2) is 12.6 Å². The molecule has 0 spiro atoms. The van der Waals surface area contributed by atoms with E-state index < -0.39 is 35.0 Å². The van der Waals surface area contributed by atoms with E-state index in [9.17, 15) is 31.1 Å². The molecule has 0 aliphatic carbocycles. The van der Waals surface area contributed by atoms with Crippen molar-refractivity contribution in [1.82, 2.24) is 0 Å². The Labute approximate surface area is 135 Å². The van der Waals surface area contributed by atoms with Gasteiger partial charge in [-0.25, -0.2) is 4.79 Å². The fraction of sp³-hybridized carbons (Fsp3) is 0.562. The molecule has 0 saturated heterocycles. The number of benzene rings is 1. The maximum absolute atomic E-state index is 12.8. The number of alkyl halides is 6. The number of esters is 1. The minimum Gasteiger partial charge on any atom is -0.462 e. The van der Waals surface area contributed by atoms with Crippen molar-refractivity contribution in [1.29, 1.82) is 0 Å². The highest BCUT2D eigenvalue weighted by Gasteiger charge is 2.43. The Hall–Kier alpha value is -1.73. The van der Waals surface area contributed by atoms with Crippen LogP contribution in [-0.2, 0) is 17.1 Å². The SMILES string of the molecule is CCCCCCCOC(=O)c1ccc(C(F)(F)F)c(C(F)(F)F)c1. The van der Waals surface area contributed by atoms with Gasteiger partial charge in [0.25, 0.3) is 0 Å². The van der Waals surface area contributed by atoms with Gasteiger partial charge < -0.3 is 4.74 Å². The van der Waals surface area contributed by atoms with Crippen molar-refractivity contribution in [3.63, 3.8) is 0 Å². The first-order chi connectivity index (χ1) is 11.1. The average molecular weight is 356 g/mol. The van der Waals surface area contributed by atoms with Crippen LogP contribution in [0.2, 0.25) is 0 Å². The largest absolute Gasteiger partial charge is 0.462 e. The van der Waals surface area contributed by atoms with Gasteiger partial charge in [0.2, 0.25) is 0 Å². The fourth-order valence-electron chi connectivity index (χ4n) is 2.11. The molecule has 1 aromatic rings. The molecule has 0 aromatic heterocycles. The highest BCUT2D eigenvalue weighted by atomic mass is 19.4. The third kappa shape index (κ3) is 6.05. The van der Waals surface area contributed by atoms with E-state index in [0.29, 0.717) is 12.5 Å². The second-order valence-corrected chi connectivity index (χ2v) is 5.31. The predicted octanol–water partition coefficient (Wildman–Crippen LogP) is 5.85. The van der Waals surface area contributed by atoms with E-state index in [-0.39, 0.29) is 18.7 Å². The van der Waals surface area contributed by atoms with E-state index in [4.69, 9.17) is 4.74 Å². The Bertz CT molecular complexity index is 548. The Morgan fingerprint density at radius 2 is 1.50 bits per heavy atom. The molecule has 0 atom stereocenters. The van der Waals surface area contributed by atoms with E-state index in [2.05, 4.69) is 0 Å². The molecule has 0 heterocycles. The summed E-state index contributed by atoms with van der Waals surface area (Å²) >= 11 is 0. The smallest absolute Gasteiger partial charge is 0.417 e. The number of carbonyl (C=O) groups is 1. The van der Waals surface area contributed by atoms with Crippen molar-refractivity contribution in [2.75, 3.05) is 6.61 Å². The van der Waals surface area contributed by atoms with E-state index in [1.165, 1.54) is 0 Å². The third-order valence-corrected chi connectivity index (χ3v) is 3.35. The molecule has 136 valence electrons. The first-order valence-corrected chi connectivity index (χ1v) is 7.53. The Kier molecular flexibility index (Phi) is 7.10. The van der Waals surface area contributed by atoms with Crippen molar-refractivity contribution in [2.45, 2.75) is 51.4 Å². The molecular weight excluding hydrogens is 338 g/mol. The molecule has 0 saturated carbocycles. The lowest BCUT2D eigenvalue weighted by molar-refractivity contribution is -0.162. The van der Waals surface area contributed by atoms with Gasteiger partial charge in [0, 0.05) is 0 Å². The molecule has 1 rings (SSSR count). The van der Waals surface area contributed by atoms with Crippen LogP contribution < -0.4 is 0 Å². The number of ether oxygens (including phenoxy) is 1. The number of rotatable bonds is 7. The number of hydrogen-bond donors (Lipinski definition) is 0. The summed E-state index contributed by atoms with van der Waals surface area (Å²) in [6.07, 6.45) is -6.01. The van der Waals surface area contributed by atoms with Crippen molar-refractivity contribution >= 4 is 5.97 Å². The van der Waals surface area contributed by atoms with Crippen LogP contribution in [0.5, 0.6) is 0 Å². The number of unbranched alkanes of at least 4 members (excludes halogenated alkanes) is 4. The summed E-state index contributed by atoms with van der Waals surface area (Å²) < 4.78 is 81.1. The van der Waals surface area contributed by atoms with Gasteiger partial charge >= 0.3 is 18.3 Å². The average Bonchev–Trinajstić information content (AvgIpc) is 2.48. The van der Waals surface area contributed by atoms with Gasteiger partial charge in [-0.2, -0.15) is 26.3 Å². The molecule has 0 aliphatic heterocycles. The zero-order valence-corrected chi connectivity index (χ0v) is 13.1. The van der Waals surface area contributed by atoms with Gasteiger partial charge in [-0.15, -0.1) is 0 Å². The van der Waals surface area contributed by atoms with Crippen LogP contribution >= 0.6 is 0 Å². The lowest BCUT2D eigenvalue weighted by atomic mass is 10.0. The van der Waals surface area contributed by atoms with E-state index in [1.54, 1.807) is 0 Å². The van der Waals surface area contributed by atoms with Crippen molar-refractivity contribution in [2.24, 2.45) is 0 Å². The Morgan fingerprint density at radius 3 is 2.04 bits per heavy atom. The summed E-state index contributed by atoms with van der Waals surface area (Å²) in [6, 6.07) is 1.13. The molecule has 0 fully saturated rings. The fourth-order valence-corrected chi connectivity index (χ4v) is 2.11. The number of halogens is 6. The monoisotopic (exact) mass is 356 g/mol. The van der Waals surface area contributed by atoms with Crippen LogP contribution in [0.4, 0.5) is 26.3 Å². The molecule has 0 bridgehead atoms. The summed E-state index contributed by atoms with van der Waals surface area (Å²) in [6.45, 7) is 2.05. The van der Waals surface area contributed by atoms with Crippen molar-refractivity contribution in [3.05, 3.63) is 34.9 Å². The molecule has 0 N–H and O–H groups in total. The van der Waals surface area contributed by atoms with Crippen LogP contribution in [0.15, 0.2) is 18.2 Å². The van der Waals surface area contributed by atoms with Gasteiger partial charge in [-0.05, 0) is 24.6 Å². The molecule has 8 heteroatoms. The minimum absolute atomic E-state index is 0.0188. The maximum atomic E-state index is 12.8. The topological polar surface area (TPSA) is 26.3 Å². The Morgan fingerprint density at radius 1 is 0.917 bits per heavy atom. The number of carbonyl (C=O) groups excluding carboxylic acids is 1. The molecule has 2 nitrogen and oxygen atoms in total. The summed E-state index contributed by atoms with van der Waals surface area (Å²) in [5.41, 5.74) is -4.28. The standard InChI is InChI=1S/C16H18F6O2/c1-2-3-4-5-6-9-24-14(23)11-7-8-12(15(17,18)19)13(10-11)16(20,21)22/h7-8,10H,2-6,9H2,1H3. The third-order valence-electron chi connectivity index (χ3n) is 3.35. The highest BCUT2D eigenvalue weighted by molar-refractivity contribution is 5.89.